The summed E-state index contributed by atoms with van der Waals surface area (Å²) in [4.78, 5) is 11.1. The molecule has 0 atom stereocenters. The van der Waals surface area contributed by atoms with Gasteiger partial charge in [0.1, 0.15) is 5.75 Å². The number of hydrogen-bond acceptors (Lipinski definition) is 3. The second kappa shape index (κ2) is 5.19. The zero-order chi connectivity index (χ0) is 13.1. The van der Waals surface area contributed by atoms with Crippen LogP contribution >= 0.6 is 0 Å². The molecule has 0 aromatic heterocycles. The van der Waals surface area contributed by atoms with Gasteiger partial charge in [0.25, 0.3) is 0 Å². The molecule has 94 valence electrons. The summed E-state index contributed by atoms with van der Waals surface area (Å²) in [5.74, 6) is -0.0321. The molecule has 4 nitrogen and oxygen atoms in total. The number of para-hydroxylation sites is 1. The maximum absolute atomic E-state index is 11.1. The molecule has 4 N–H and O–H groups in total. The Bertz CT molecular complexity index is 414. The Balaban J connectivity index is 2.58. The number of hydrogen-bond donors (Lipinski definition) is 3. The van der Waals surface area contributed by atoms with Crippen LogP contribution in [0.5, 0.6) is 5.75 Å². The van der Waals surface area contributed by atoms with Gasteiger partial charge in [0.05, 0.1) is 5.41 Å². The predicted molar refractivity (Wildman–Crippen MR) is 67.5 cm³/mol. The van der Waals surface area contributed by atoms with Gasteiger partial charge in [-0.15, -0.1) is 0 Å². The normalized spacial score (nSPS) is 11.5. The molecule has 1 rings (SSSR count). The third kappa shape index (κ3) is 3.46. The Morgan fingerprint density at radius 2 is 2.12 bits per heavy atom. The number of carbonyl (C=O) groups excluding carboxylic acids is 1. The fraction of sp³-hybridized carbons (Fsp3) is 0.462. The highest BCUT2D eigenvalue weighted by atomic mass is 16.3. The van der Waals surface area contributed by atoms with E-state index in [2.05, 4.69) is 5.32 Å². The second-order valence-electron chi connectivity index (χ2n) is 4.93. The summed E-state index contributed by atoms with van der Waals surface area (Å²) >= 11 is 0. The molecule has 0 saturated heterocycles. The van der Waals surface area contributed by atoms with Gasteiger partial charge in [0, 0.05) is 18.7 Å². The van der Waals surface area contributed by atoms with Gasteiger partial charge in [-0.2, -0.15) is 0 Å². The largest absolute Gasteiger partial charge is 0.507 e. The molecular formula is C13H20N2O2. The summed E-state index contributed by atoms with van der Waals surface area (Å²) in [5.41, 5.74) is 6.36. The van der Waals surface area contributed by atoms with Crippen molar-refractivity contribution in [3.05, 3.63) is 29.3 Å². The molecule has 0 spiro atoms. The van der Waals surface area contributed by atoms with E-state index < -0.39 is 5.41 Å². The fourth-order valence-corrected chi connectivity index (χ4v) is 1.46. The van der Waals surface area contributed by atoms with Gasteiger partial charge in [-0.25, -0.2) is 0 Å². The van der Waals surface area contributed by atoms with Gasteiger partial charge < -0.3 is 16.2 Å². The van der Waals surface area contributed by atoms with Crippen LogP contribution in [0.1, 0.15) is 25.0 Å². The molecule has 0 bridgehead atoms. The van der Waals surface area contributed by atoms with E-state index in [1.165, 1.54) is 0 Å². The van der Waals surface area contributed by atoms with E-state index in [1.807, 2.05) is 25.1 Å². The summed E-state index contributed by atoms with van der Waals surface area (Å²) in [5, 5.41) is 12.9. The van der Waals surface area contributed by atoms with Crippen molar-refractivity contribution in [2.75, 3.05) is 6.54 Å². The molecule has 4 heteroatoms. The number of nitrogens with two attached hydrogens (primary N) is 1. The number of nitrogens with one attached hydrogen (secondary N) is 1. The van der Waals surface area contributed by atoms with E-state index in [1.54, 1.807) is 13.8 Å². The van der Waals surface area contributed by atoms with Gasteiger partial charge >= 0.3 is 0 Å². The highest BCUT2D eigenvalue weighted by molar-refractivity contribution is 5.80. The molecule has 0 saturated carbocycles. The average Bonchev–Trinajstić information content (AvgIpc) is 2.24. The van der Waals surface area contributed by atoms with Crippen LogP contribution in [0.4, 0.5) is 0 Å². The lowest BCUT2D eigenvalue weighted by atomic mass is 9.92. The Morgan fingerprint density at radius 1 is 1.47 bits per heavy atom. The fourth-order valence-electron chi connectivity index (χ4n) is 1.46. The van der Waals surface area contributed by atoms with Crippen LogP contribution < -0.4 is 11.1 Å². The van der Waals surface area contributed by atoms with Crippen molar-refractivity contribution in [2.45, 2.75) is 27.3 Å². The minimum atomic E-state index is -0.584. The highest BCUT2D eigenvalue weighted by Crippen LogP contribution is 2.21. The number of carbonyl (C=O) groups is 1. The van der Waals surface area contributed by atoms with Gasteiger partial charge in [-0.1, -0.05) is 18.2 Å². The number of rotatable bonds is 5. The zero-order valence-corrected chi connectivity index (χ0v) is 10.6. The van der Waals surface area contributed by atoms with Crippen LogP contribution in [0.3, 0.4) is 0 Å². The molecular weight excluding hydrogens is 216 g/mol. The quantitative estimate of drug-likeness (QED) is 0.721. The number of benzene rings is 1. The Labute approximate surface area is 102 Å². The molecule has 0 unspecified atom stereocenters. The lowest BCUT2D eigenvalue weighted by Crippen LogP contribution is -2.40. The molecule has 0 aliphatic heterocycles. The van der Waals surface area contributed by atoms with E-state index >= 15 is 0 Å². The topological polar surface area (TPSA) is 75.3 Å². The SMILES string of the molecule is Cc1cccc(CNCC(C)(C)C(N)=O)c1O. The molecule has 1 aromatic carbocycles. The molecule has 17 heavy (non-hydrogen) atoms. The highest BCUT2D eigenvalue weighted by Gasteiger charge is 2.24. The van der Waals surface area contributed by atoms with E-state index in [4.69, 9.17) is 5.73 Å². The van der Waals surface area contributed by atoms with Gasteiger partial charge in [-0.05, 0) is 26.3 Å². The summed E-state index contributed by atoms with van der Waals surface area (Å²) in [7, 11) is 0. The third-order valence-corrected chi connectivity index (χ3v) is 2.87. The maximum Gasteiger partial charge on any atom is 0.224 e. The lowest BCUT2D eigenvalue weighted by molar-refractivity contribution is -0.125. The maximum atomic E-state index is 11.1. The zero-order valence-electron chi connectivity index (χ0n) is 10.6. The molecule has 1 amide bonds. The minimum absolute atomic E-state index is 0.303. The lowest BCUT2D eigenvalue weighted by Gasteiger charge is -2.21. The van der Waals surface area contributed by atoms with E-state index in [0.717, 1.165) is 11.1 Å². The average molecular weight is 236 g/mol. The smallest absolute Gasteiger partial charge is 0.224 e. The van der Waals surface area contributed by atoms with Crippen LogP contribution in [0.15, 0.2) is 18.2 Å². The number of primary amides is 1. The summed E-state index contributed by atoms with van der Waals surface area (Å²) in [6.45, 7) is 6.43. The first kappa shape index (κ1) is 13.5. The number of aromatic hydroxyl groups is 1. The standard InChI is InChI=1S/C13H20N2O2/c1-9-5-4-6-10(11(9)16)7-15-8-13(2,3)12(14)17/h4-6,15-16H,7-8H2,1-3H3,(H2,14,17). The van der Waals surface area contributed by atoms with Crippen molar-refractivity contribution >= 4 is 5.91 Å². The first-order valence-corrected chi connectivity index (χ1v) is 5.62. The molecule has 0 radical (unpaired) electrons. The Morgan fingerprint density at radius 3 is 2.71 bits per heavy atom. The summed E-state index contributed by atoms with van der Waals surface area (Å²) < 4.78 is 0. The van der Waals surface area contributed by atoms with Crippen LogP contribution in [-0.4, -0.2) is 17.6 Å². The van der Waals surface area contributed by atoms with Crippen molar-refractivity contribution in [3.8, 4) is 5.75 Å². The first-order valence-electron chi connectivity index (χ1n) is 5.62. The summed E-state index contributed by atoms with van der Waals surface area (Å²) in [6, 6.07) is 5.60. The Kier molecular flexibility index (Phi) is 4.12. The monoisotopic (exact) mass is 236 g/mol. The molecule has 1 aromatic rings. The third-order valence-electron chi connectivity index (χ3n) is 2.87. The molecule has 0 fully saturated rings. The Hall–Kier alpha value is -1.55. The van der Waals surface area contributed by atoms with Crippen molar-refractivity contribution in [1.82, 2.24) is 5.32 Å². The first-order chi connectivity index (χ1) is 7.84. The van der Waals surface area contributed by atoms with Crippen LogP contribution in [0.25, 0.3) is 0 Å². The van der Waals surface area contributed by atoms with Gasteiger partial charge in [-0.3, -0.25) is 4.79 Å². The van der Waals surface area contributed by atoms with E-state index in [9.17, 15) is 9.90 Å². The number of aryl methyl sites for hydroxylation is 1. The van der Waals surface area contributed by atoms with Crippen LogP contribution in [-0.2, 0) is 11.3 Å². The van der Waals surface area contributed by atoms with Crippen LogP contribution in [0, 0.1) is 12.3 Å². The number of amides is 1. The minimum Gasteiger partial charge on any atom is -0.507 e. The second-order valence-corrected chi connectivity index (χ2v) is 4.93. The van der Waals surface area contributed by atoms with Crippen molar-refractivity contribution in [1.29, 1.82) is 0 Å². The van der Waals surface area contributed by atoms with Crippen LogP contribution in [0.2, 0.25) is 0 Å². The molecule has 0 heterocycles. The van der Waals surface area contributed by atoms with E-state index in [0.29, 0.717) is 18.8 Å². The van der Waals surface area contributed by atoms with E-state index in [-0.39, 0.29) is 5.91 Å². The molecule has 0 aliphatic carbocycles. The number of phenolic OH excluding ortho intramolecular Hbond substituents is 1. The van der Waals surface area contributed by atoms with Crippen molar-refractivity contribution < 1.29 is 9.90 Å². The van der Waals surface area contributed by atoms with Gasteiger partial charge in [0.2, 0.25) is 5.91 Å². The summed E-state index contributed by atoms with van der Waals surface area (Å²) in [6.07, 6.45) is 0. The van der Waals surface area contributed by atoms with Crippen molar-refractivity contribution in [2.24, 2.45) is 11.1 Å². The van der Waals surface area contributed by atoms with Gasteiger partial charge in [0.15, 0.2) is 0 Å². The molecule has 0 aliphatic rings. The van der Waals surface area contributed by atoms with Crippen molar-refractivity contribution in [3.63, 3.8) is 0 Å². The predicted octanol–water partition coefficient (Wildman–Crippen LogP) is 1.30. The number of phenols is 1.